The van der Waals surface area contributed by atoms with Crippen LogP contribution in [0.15, 0.2) is 24.3 Å². The Morgan fingerprint density at radius 3 is 2.83 bits per heavy atom. The van der Waals surface area contributed by atoms with Crippen LogP contribution in [0.25, 0.3) is 0 Å². The van der Waals surface area contributed by atoms with E-state index in [2.05, 4.69) is 29.3 Å². The Balaban J connectivity index is 1.71. The Morgan fingerprint density at radius 2 is 2.17 bits per heavy atom. The van der Waals surface area contributed by atoms with Crippen LogP contribution >= 0.6 is 0 Å². The maximum atomic E-state index is 12.5. The Morgan fingerprint density at radius 1 is 1.39 bits per heavy atom. The minimum atomic E-state index is -0.0467. The van der Waals surface area contributed by atoms with Gasteiger partial charge in [-0.05, 0) is 30.9 Å². The van der Waals surface area contributed by atoms with Crippen LogP contribution in [0, 0.1) is 0 Å². The van der Waals surface area contributed by atoms with Crippen molar-refractivity contribution in [3.63, 3.8) is 0 Å². The molecule has 1 aromatic rings. The van der Waals surface area contributed by atoms with Gasteiger partial charge in [-0.25, -0.2) is 0 Å². The molecule has 0 radical (unpaired) electrons. The number of nitrogens with zero attached hydrogens (tertiary/aromatic N) is 1. The molecule has 1 N–H and O–H groups in total. The first-order valence-corrected chi connectivity index (χ1v) is 6.94. The number of nitrogens with one attached hydrogen (secondary N) is 1. The highest BCUT2D eigenvalue weighted by Gasteiger charge is 2.37. The van der Waals surface area contributed by atoms with Crippen LogP contribution in [0.3, 0.4) is 0 Å². The molecule has 0 bridgehead atoms. The molecule has 1 aliphatic carbocycles. The molecule has 1 fully saturated rings. The van der Waals surface area contributed by atoms with Crippen LogP contribution in [0.5, 0.6) is 0 Å². The number of para-hydroxylation sites is 1. The number of amides is 1. The van der Waals surface area contributed by atoms with Crippen molar-refractivity contribution in [2.24, 2.45) is 0 Å². The van der Waals surface area contributed by atoms with E-state index < -0.39 is 0 Å². The molecule has 2 aliphatic rings. The first kappa shape index (κ1) is 11.6. The summed E-state index contributed by atoms with van der Waals surface area (Å²) >= 11 is 0. The lowest BCUT2D eigenvalue weighted by Gasteiger charge is -2.25. The maximum Gasteiger partial charge on any atom is 0.245 e. The molecule has 0 spiro atoms. The van der Waals surface area contributed by atoms with Gasteiger partial charge in [0.1, 0.15) is 6.04 Å². The zero-order valence-corrected chi connectivity index (χ0v) is 10.9. The van der Waals surface area contributed by atoms with Gasteiger partial charge in [0, 0.05) is 24.7 Å². The molecule has 1 atom stereocenters. The van der Waals surface area contributed by atoms with Crippen molar-refractivity contribution in [2.45, 2.75) is 44.7 Å². The molecule has 3 nitrogen and oxygen atoms in total. The predicted molar refractivity (Wildman–Crippen MR) is 72.6 cm³/mol. The van der Waals surface area contributed by atoms with Crippen molar-refractivity contribution in [3.05, 3.63) is 29.8 Å². The maximum absolute atomic E-state index is 12.5. The second-order valence-corrected chi connectivity index (χ2v) is 5.32. The van der Waals surface area contributed by atoms with Gasteiger partial charge >= 0.3 is 0 Å². The van der Waals surface area contributed by atoms with Gasteiger partial charge in [0.05, 0.1) is 0 Å². The number of carbonyl (C=O) groups excluding carboxylic acids is 1. The molecule has 1 aromatic carbocycles. The molecule has 3 rings (SSSR count). The number of fused-ring (bicyclic) bond motifs is 1. The molecule has 3 heteroatoms. The molecule has 1 aliphatic heterocycles. The highest BCUT2D eigenvalue weighted by molar-refractivity contribution is 5.87. The average Bonchev–Trinajstić information content (AvgIpc) is 3.13. The highest BCUT2D eigenvalue weighted by atomic mass is 16.2. The first-order chi connectivity index (χ1) is 8.79. The van der Waals surface area contributed by atoms with Gasteiger partial charge < -0.3 is 10.2 Å². The summed E-state index contributed by atoms with van der Waals surface area (Å²) in [5.74, 6) is 0.288. The molecule has 1 heterocycles. The van der Waals surface area contributed by atoms with Crippen LogP contribution < -0.4 is 5.32 Å². The lowest BCUT2D eigenvalue weighted by atomic mass is 10.1. The fourth-order valence-electron chi connectivity index (χ4n) is 2.75. The SMILES string of the molecule is CCCN(C(=O)[C@@H]1Cc2ccccc2N1)C1CC1. The minimum absolute atomic E-state index is 0.0467. The number of rotatable bonds is 4. The Kier molecular flexibility index (Phi) is 2.98. The van der Waals surface area contributed by atoms with E-state index in [1.807, 2.05) is 12.1 Å². The minimum Gasteiger partial charge on any atom is -0.373 e. The zero-order valence-electron chi connectivity index (χ0n) is 10.9. The third-order valence-corrected chi connectivity index (χ3v) is 3.80. The molecular formula is C15H20N2O. The monoisotopic (exact) mass is 244 g/mol. The molecule has 18 heavy (non-hydrogen) atoms. The van der Waals surface area contributed by atoms with E-state index in [1.165, 1.54) is 18.4 Å². The quantitative estimate of drug-likeness (QED) is 0.882. The van der Waals surface area contributed by atoms with Gasteiger partial charge in [-0.3, -0.25) is 4.79 Å². The molecule has 1 saturated carbocycles. The van der Waals surface area contributed by atoms with Crippen molar-refractivity contribution < 1.29 is 4.79 Å². The Hall–Kier alpha value is -1.51. The van der Waals surface area contributed by atoms with Crippen molar-refractivity contribution in [2.75, 3.05) is 11.9 Å². The van der Waals surface area contributed by atoms with E-state index in [-0.39, 0.29) is 11.9 Å². The molecule has 0 aromatic heterocycles. The van der Waals surface area contributed by atoms with E-state index in [0.717, 1.165) is 25.1 Å². The van der Waals surface area contributed by atoms with E-state index >= 15 is 0 Å². The van der Waals surface area contributed by atoms with Crippen molar-refractivity contribution in [3.8, 4) is 0 Å². The predicted octanol–water partition coefficient (Wildman–Crippen LogP) is 2.42. The molecule has 0 saturated heterocycles. The number of anilines is 1. The normalized spacial score (nSPS) is 21.3. The number of hydrogen-bond donors (Lipinski definition) is 1. The topological polar surface area (TPSA) is 32.3 Å². The first-order valence-electron chi connectivity index (χ1n) is 6.94. The summed E-state index contributed by atoms with van der Waals surface area (Å²) in [6, 6.07) is 8.69. The van der Waals surface area contributed by atoms with Crippen LogP contribution in [0.4, 0.5) is 5.69 Å². The summed E-state index contributed by atoms with van der Waals surface area (Å²) in [6.07, 6.45) is 4.25. The van der Waals surface area contributed by atoms with E-state index in [1.54, 1.807) is 0 Å². The van der Waals surface area contributed by atoms with Crippen LogP contribution in [-0.2, 0) is 11.2 Å². The molecule has 0 unspecified atom stereocenters. The Labute approximate surface area is 108 Å². The standard InChI is InChI=1S/C15H20N2O/c1-2-9-17(12-7-8-12)15(18)14-10-11-5-3-4-6-13(11)16-14/h3-6,12,14,16H,2,7-10H2,1H3/t14-/m0/s1. The largest absolute Gasteiger partial charge is 0.373 e. The second-order valence-electron chi connectivity index (χ2n) is 5.32. The fourth-order valence-corrected chi connectivity index (χ4v) is 2.75. The van der Waals surface area contributed by atoms with Crippen molar-refractivity contribution in [1.82, 2.24) is 4.90 Å². The van der Waals surface area contributed by atoms with Crippen molar-refractivity contribution >= 4 is 11.6 Å². The lowest BCUT2D eigenvalue weighted by molar-refractivity contribution is -0.132. The molecule has 96 valence electrons. The zero-order chi connectivity index (χ0) is 12.5. The lowest BCUT2D eigenvalue weighted by Crippen LogP contribution is -2.43. The molecular weight excluding hydrogens is 224 g/mol. The van der Waals surface area contributed by atoms with Gasteiger partial charge in [-0.1, -0.05) is 25.1 Å². The third kappa shape index (κ3) is 2.09. The Bertz CT molecular complexity index is 429. The highest BCUT2D eigenvalue weighted by Crippen LogP contribution is 2.31. The third-order valence-electron chi connectivity index (χ3n) is 3.80. The molecule has 1 amide bonds. The van der Waals surface area contributed by atoms with Gasteiger partial charge in [-0.2, -0.15) is 0 Å². The van der Waals surface area contributed by atoms with E-state index in [9.17, 15) is 4.79 Å². The van der Waals surface area contributed by atoms with E-state index in [4.69, 9.17) is 0 Å². The number of benzene rings is 1. The van der Waals surface area contributed by atoms with Gasteiger partial charge in [0.25, 0.3) is 0 Å². The summed E-state index contributed by atoms with van der Waals surface area (Å²) in [5.41, 5.74) is 2.39. The van der Waals surface area contributed by atoms with Crippen molar-refractivity contribution in [1.29, 1.82) is 0 Å². The van der Waals surface area contributed by atoms with Crippen LogP contribution in [0.2, 0.25) is 0 Å². The number of carbonyl (C=O) groups is 1. The summed E-state index contributed by atoms with van der Waals surface area (Å²) < 4.78 is 0. The van der Waals surface area contributed by atoms with Gasteiger partial charge in [-0.15, -0.1) is 0 Å². The average molecular weight is 244 g/mol. The van der Waals surface area contributed by atoms with Gasteiger partial charge in [0.15, 0.2) is 0 Å². The smallest absolute Gasteiger partial charge is 0.245 e. The fraction of sp³-hybridized carbons (Fsp3) is 0.533. The summed E-state index contributed by atoms with van der Waals surface area (Å²) in [7, 11) is 0. The second kappa shape index (κ2) is 4.63. The van der Waals surface area contributed by atoms with Crippen LogP contribution in [-0.4, -0.2) is 29.4 Å². The van der Waals surface area contributed by atoms with Gasteiger partial charge in [0.2, 0.25) is 5.91 Å². The summed E-state index contributed by atoms with van der Waals surface area (Å²) in [6.45, 7) is 3.04. The summed E-state index contributed by atoms with van der Waals surface area (Å²) in [5, 5.41) is 3.36. The number of hydrogen-bond acceptors (Lipinski definition) is 2. The van der Waals surface area contributed by atoms with E-state index in [0.29, 0.717) is 6.04 Å². The summed E-state index contributed by atoms with van der Waals surface area (Å²) in [4.78, 5) is 14.6. The van der Waals surface area contributed by atoms with Crippen LogP contribution in [0.1, 0.15) is 31.7 Å².